The topological polar surface area (TPSA) is 105 Å². The molecule has 0 spiro atoms. The van der Waals surface area contributed by atoms with Gasteiger partial charge in [-0.15, -0.1) is 15.3 Å². The van der Waals surface area contributed by atoms with Gasteiger partial charge in [-0.1, -0.05) is 11.8 Å². The van der Waals surface area contributed by atoms with Crippen molar-refractivity contribution in [3.05, 3.63) is 47.0 Å². The van der Waals surface area contributed by atoms with Gasteiger partial charge in [0.25, 0.3) is 5.89 Å². The molecule has 0 radical (unpaired) electrons. The van der Waals surface area contributed by atoms with Crippen LogP contribution >= 0.6 is 27.7 Å². The summed E-state index contributed by atoms with van der Waals surface area (Å²) in [6, 6.07) is 10.9. The maximum absolute atomic E-state index is 5.61. The van der Waals surface area contributed by atoms with Crippen LogP contribution in [0.2, 0.25) is 0 Å². The van der Waals surface area contributed by atoms with Crippen molar-refractivity contribution in [2.24, 2.45) is 0 Å². The first-order valence-corrected chi connectivity index (χ1v) is 9.14. The molecule has 0 saturated carbocycles. The zero-order valence-electron chi connectivity index (χ0n) is 13.4. The third-order valence-electron chi connectivity index (χ3n) is 3.33. The number of halogens is 1. The molecule has 0 unspecified atom stereocenters. The molecular weight excluding hydrogens is 424 g/mol. The second-order valence-corrected chi connectivity index (χ2v) is 6.69. The van der Waals surface area contributed by atoms with Crippen molar-refractivity contribution in [1.82, 2.24) is 30.4 Å². The monoisotopic (exact) mass is 434 g/mol. The smallest absolute Gasteiger partial charge is 0.283 e. The Kier molecular flexibility index (Phi) is 4.71. The first-order chi connectivity index (χ1) is 12.7. The Morgan fingerprint density at radius 3 is 2.65 bits per heavy atom. The second-order valence-electron chi connectivity index (χ2n) is 4.96. The van der Waals surface area contributed by atoms with Crippen LogP contribution in [0, 0.1) is 0 Å². The Morgan fingerprint density at radius 2 is 1.92 bits per heavy atom. The molecule has 26 heavy (non-hydrogen) atoms. The van der Waals surface area contributed by atoms with Crippen molar-refractivity contribution in [2.45, 2.75) is 10.9 Å². The molecule has 0 aliphatic rings. The van der Waals surface area contributed by atoms with Gasteiger partial charge in [-0.2, -0.15) is 4.68 Å². The molecule has 0 N–H and O–H groups in total. The molecule has 0 aliphatic heterocycles. The number of nitrogens with zero attached hydrogens (tertiary/aromatic N) is 6. The summed E-state index contributed by atoms with van der Waals surface area (Å²) in [7, 11) is 1.62. The average molecular weight is 435 g/mol. The summed E-state index contributed by atoms with van der Waals surface area (Å²) in [6.07, 6.45) is 0. The molecular formula is C15H11BrN6O3S. The number of hydrogen-bond donors (Lipinski definition) is 0. The van der Waals surface area contributed by atoms with Crippen LogP contribution in [0.1, 0.15) is 5.89 Å². The first kappa shape index (κ1) is 16.8. The van der Waals surface area contributed by atoms with Crippen molar-refractivity contribution in [3.63, 3.8) is 0 Å². The van der Waals surface area contributed by atoms with Crippen molar-refractivity contribution in [2.75, 3.05) is 7.11 Å². The van der Waals surface area contributed by atoms with Gasteiger partial charge < -0.3 is 13.6 Å². The number of ether oxygens (including phenoxy) is 1. The Hall–Kier alpha value is -2.66. The second kappa shape index (κ2) is 7.30. The summed E-state index contributed by atoms with van der Waals surface area (Å²) in [5.41, 5.74) is 0.824. The first-order valence-electron chi connectivity index (χ1n) is 7.36. The Morgan fingerprint density at radius 1 is 1.08 bits per heavy atom. The lowest BCUT2D eigenvalue weighted by Crippen LogP contribution is -1.99. The summed E-state index contributed by atoms with van der Waals surface area (Å²) >= 11 is 4.62. The van der Waals surface area contributed by atoms with E-state index >= 15 is 0 Å². The van der Waals surface area contributed by atoms with Crippen LogP contribution in [0.4, 0.5) is 0 Å². The van der Waals surface area contributed by atoms with Gasteiger partial charge in [-0.3, -0.25) is 0 Å². The van der Waals surface area contributed by atoms with E-state index in [1.807, 2.05) is 24.3 Å². The maximum atomic E-state index is 5.61. The predicted molar refractivity (Wildman–Crippen MR) is 95.0 cm³/mol. The molecule has 0 amide bonds. The van der Waals surface area contributed by atoms with Gasteiger partial charge in [-0.25, -0.2) is 0 Å². The van der Waals surface area contributed by atoms with E-state index < -0.39 is 0 Å². The number of benzene rings is 1. The summed E-state index contributed by atoms with van der Waals surface area (Å²) in [5, 5.41) is 20.4. The van der Waals surface area contributed by atoms with Crippen molar-refractivity contribution < 1.29 is 13.6 Å². The molecule has 0 aliphatic carbocycles. The minimum atomic E-state index is 0.320. The zero-order valence-corrected chi connectivity index (χ0v) is 15.8. The number of thioether (sulfide) groups is 1. The van der Waals surface area contributed by atoms with E-state index in [0.717, 1.165) is 11.4 Å². The van der Waals surface area contributed by atoms with Gasteiger partial charge in [-0.05, 0) is 62.8 Å². The number of furan rings is 1. The highest BCUT2D eigenvalue weighted by molar-refractivity contribution is 9.10. The fourth-order valence-electron chi connectivity index (χ4n) is 2.12. The molecule has 0 saturated heterocycles. The summed E-state index contributed by atoms with van der Waals surface area (Å²) in [5.74, 6) is 2.45. The zero-order chi connectivity index (χ0) is 17.9. The van der Waals surface area contributed by atoms with E-state index in [1.165, 1.54) is 11.8 Å². The predicted octanol–water partition coefficient (Wildman–Crippen LogP) is 3.37. The van der Waals surface area contributed by atoms with Gasteiger partial charge in [0.05, 0.1) is 18.6 Å². The number of hydrogen-bond acceptors (Lipinski definition) is 9. The van der Waals surface area contributed by atoms with Crippen LogP contribution in [-0.4, -0.2) is 37.5 Å². The highest BCUT2D eigenvalue weighted by Gasteiger charge is 2.15. The van der Waals surface area contributed by atoms with Crippen molar-refractivity contribution in [3.8, 4) is 23.1 Å². The lowest BCUT2D eigenvalue weighted by molar-refractivity contribution is 0.414. The number of methoxy groups -OCH3 is 1. The fourth-order valence-corrected chi connectivity index (χ4v) is 3.16. The molecule has 1 aromatic carbocycles. The van der Waals surface area contributed by atoms with Crippen molar-refractivity contribution in [1.29, 1.82) is 0 Å². The quantitative estimate of drug-likeness (QED) is 0.422. The van der Waals surface area contributed by atoms with Crippen LogP contribution in [0.3, 0.4) is 0 Å². The van der Waals surface area contributed by atoms with E-state index in [-0.39, 0.29) is 0 Å². The van der Waals surface area contributed by atoms with Crippen LogP contribution in [0.5, 0.6) is 5.75 Å². The number of rotatable bonds is 6. The minimum Gasteiger partial charge on any atom is -0.497 e. The van der Waals surface area contributed by atoms with Crippen LogP contribution < -0.4 is 4.74 Å². The molecule has 0 atom stereocenters. The summed E-state index contributed by atoms with van der Waals surface area (Å²) < 4.78 is 18.4. The third-order valence-corrected chi connectivity index (χ3v) is 4.66. The fraction of sp³-hybridized carbons (Fsp3) is 0.133. The SMILES string of the molecule is COc1ccc(-n2nnnc2SCc2nnc(-c3ccc(Br)o3)o2)cc1. The van der Waals surface area contributed by atoms with E-state index in [0.29, 0.717) is 33.1 Å². The number of aromatic nitrogens is 6. The molecule has 4 aromatic rings. The lowest BCUT2D eigenvalue weighted by Gasteiger charge is -2.04. The highest BCUT2D eigenvalue weighted by atomic mass is 79.9. The summed E-state index contributed by atoms with van der Waals surface area (Å²) in [6.45, 7) is 0. The Labute approximate surface area is 159 Å². The van der Waals surface area contributed by atoms with Crippen LogP contribution in [0.15, 0.2) is 55.1 Å². The standard InChI is InChI=1S/C15H11BrN6O3S/c1-23-10-4-2-9(3-5-10)22-15(19-20-21-22)26-8-13-17-18-14(25-13)11-6-7-12(16)24-11/h2-7H,8H2,1H3. The van der Waals surface area contributed by atoms with Crippen LogP contribution in [-0.2, 0) is 5.75 Å². The molecule has 0 bridgehead atoms. The van der Waals surface area contributed by atoms with Gasteiger partial charge >= 0.3 is 0 Å². The summed E-state index contributed by atoms with van der Waals surface area (Å²) in [4.78, 5) is 0. The molecule has 3 aromatic heterocycles. The van der Waals surface area contributed by atoms with Gasteiger partial charge in [0.1, 0.15) is 5.75 Å². The molecule has 0 fully saturated rings. The van der Waals surface area contributed by atoms with Crippen LogP contribution in [0.25, 0.3) is 17.3 Å². The third kappa shape index (κ3) is 3.48. The largest absolute Gasteiger partial charge is 0.497 e. The van der Waals surface area contributed by atoms with E-state index in [4.69, 9.17) is 13.6 Å². The molecule has 3 heterocycles. The number of tetrazole rings is 1. The van der Waals surface area contributed by atoms with Gasteiger partial charge in [0.2, 0.25) is 11.0 Å². The minimum absolute atomic E-state index is 0.320. The molecule has 4 rings (SSSR count). The van der Waals surface area contributed by atoms with E-state index in [9.17, 15) is 0 Å². The van der Waals surface area contributed by atoms with Gasteiger partial charge in [0, 0.05) is 0 Å². The van der Waals surface area contributed by atoms with E-state index in [1.54, 1.807) is 23.9 Å². The van der Waals surface area contributed by atoms with Gasteiger partial charge in [0.15, 0.2) is 10.4 Å². The Balaban J connectivity index is 1.47. The lowest BCUT2D eigenvalue weighted by atomic mass is 10.3. The normalized spacial score (nSPS) is 11.0. The Bertz CT molecular complexity index is 1010. The molecule has 132 valence electrons. The highest BCUT2D eigenvalue weighted by Crippen LogP contribution is 2.27. The maximum Gasteiger partial charge on any atom is 0.283 e. The molecule has 9 nitrogen and oxygen atoms in total. The average Bonchev–Trinajstić information content (AvgIpc) is 3.40. The molecule has 11 heteroatoms. The van der Waals surface area contributed by atoms with Crippen molar-refractivity contribution >= 4 is 27.7 Å². The van der Waals surface area contributed by atoms with E-state index in [2.05, 4.69) is 41.7 Å².